The van der Waals surface area contributed by atoms with Crippen molar-refractivity contribution in [2.24, 2.45) is 0 Å². The van der Waals surface area contributed by atoms with E-state index in [1.165, 1.54) is 19.2 Å². The summed E-state index contributed by atoms with van der Waals surface area (Å²) in [5.41, 5.74) is 0.421. The first-order valence-corrected chi connectivity index (χ1v) is 4.96. The van der Waals surface area contributed by atoms with Gasteiger partial charge in [-0.15, -0.1) is 0 Å². The molecule has 0 spiro atoms. The van der Waals surface area contributed by atoms with E-state index in [0.29, 0.717) is 10.6 Å². The Hall–Kier alpha value is -1.07. The second-order valence-electron chi connectivity index (χ2n) is 3.14. The van der Waals surface area contributed by atoms with Crippen molar-refractivity contribution in [1.29, 1.82) is 0 Å². The highest BCUT2D eigenvalue weighted by Gasteiger charge is 2.10. The van der Waals surface area contributed by atoms with E-state index < -0.39 is 13.0 Å². The largest absolute Gasteiger partial charge is 0.504 e. The third-order valence-electron chi connectivity index (χ3n) is 1.95. The summed E-state index contributed by atoms with van der Waals surface area (Å²) in [6.07, 6.45) is -2.43. The monoisotopic (exact) mass is 251 g/mol. The van der Waals surface area contributed by atoms with Gasteiger partial charge in [-0.2, -0.15) is 0 Å². The fourth-order valence-electron chi connectivity index (χ4n) is 1.23. The molecule has 0 amide bonds. The van der Waals surface area contributed by atoms with Gasteiger partial charge in [0.2, 0.25) is 0 Å². The molecule has 0 bridgehead atoms. The van der Waals surface area contributed by atoms with Gasteiger partial charge in [0.15, 0.2) is 11.5 Å². The number of alkyl halides is 2. The molecule has 1 rings (SSSR count). The number of phenolic OH excluding ortho intramolecular Hbond substituents is 1. The van der Waals surface area contributed by atoms with Crippen LogP contribution in [0.4, 0.5) is 8.78 Å². The van der Waals surface area contributed by atoms with Crippen LogP contribution in [0.2, 0.25) is 5.02 Å². The van der Waals surface area contributed by atoms with Crippen molar-refractivity contribution in [3.63, 3.8) is 0 Å². The topological polar surface area (TPSA) is 41.5 Å². The van der Waals surface area contributed by atoms with Gasteiger partial charge in [-0.1, -0.05) is 11.6 Å². The Morgan fingerprint density at radius 1 is 1.50 bits per heavy atom. The van der Waals surface area contributed by atoms with E-state index >= 15 is 0 Å². The lowest BCUT2D eigenvalue weighted by Gasteiger charge is -2.10. The third kappa shape index (κ3) is 3.50. The molecule has 6 heteroatoms. The van der Waals surface area contributed by atoms with Crippen molar-refractivity contribution in [2.45, 2.75) is 13.0 Å². The molecule has 0 heterocycles. The van der Waals surface area contributed by atoms with Gasteiger partial charge in [-0.05, 0) is 6.07 Å². The number of nitrogens with one attached hydrogen (secondary N) is 1. The van der Waals surface area contributed by atoms with E-state index in [-0.39, 0.29) is 18.0 Å². The number of hydrogen-bond donors (Lipinski definition) is 2. The van der Waals surface area contributed by atoms with Crippen LogP contribution >= 0.6 is 11.6 Å². The fraction of sp³-hybridized carbons (Fsp3) is 0.400. The normalized spacial score (nSPS) is 10.8. The molecular formula is C10H12ClF2NO2. The minimum Gasteiger partial charge on any atom is -0.504 e. The average Bonchev–Trinajstić information content (AvgIpc) is 2.22. The molecule has 90 valence electrons. The van der Waals surface area contributed by atoms with Gasteiger partial charge in [0.25, 0.3) is 6.43 Å². The molecule has 0 aliphatic rings. The Morgan fingerprint density at radius 2 is 2.19 bits per heavy atom. The van der Waals surface area contributed by atoms with Crippen LogP contribution in [0, 0.1) is 0 Å². The maximum atomic E-state index is 11.9. The van der Waals surface area contributed by atoms with Crippen LogP contribution in [-0.4, -0.2) is 25.2 Å². The van der Waals surface area contributed by atoms with E-state index in [4.69, 9.17) is 16.3 Å². The minimum atomic E-state index is -2.43. The highest BCUT2D eigenvalue weighted by atomic mass is 35.5. The molecule has 16 heavy (non-hydrogen) atoms. The van der Waals surface area contributed by atoms with E-state index in [9.17, 15) is 13.9 Å². The quantitative estimate of drug-likeness (QED) is 0.844. The number of ether oxygens (including phenoxy) is 1. The summed E-state index contributed by atoms with van der Waals surface area (Å²) in [6.45, 7) is -0.332. The van der Waals surface area contributed by atoms with Crippen molar-refractivity contribution in [3.05, 3.63) is 22.7 Å². The fourth-order valence-corrected chi connectivity index (χ4v) is 1.47. The molecular weight excluding hydrogens is 240 g/mol. The zero-order valence-electron chi connectivity index (χ0n) is 8.64. The Balaban J connectivity index is 2.75. The zero-order valence-corrected chi connectivity index (χ0v) is 9.39. The molecule has 0 saturated carbocycles. The maximum absolute atomic E-state index is 11.9. The second kappa shape index (κ2) is 5.86. The van der Waals surface area contributed by atoms with Gasteiger partial charge >= 0.3 is 0 Å². The molecule has 2 N–H and O–H groups in total. The number of methoxy groups -OCH3 is 1. The van der Waals surface area contributed by atoms with Crippen molar-refractivity contribution in [3.8, 4) is 11.5 Å². The molecule has 0 saturated heterocycles. The van der Waals surface area contributed by atoms with Crippen LogP contribution in [0.15, 0.2) is 12.1 Å². The Kier molecular flexibility index (Phi) is 4.76. The summed E-state index contributed by atoms with van der Waals surface area (Å²) in [5, 5.41) is 12.5. The molecule has 1 aromatic rings. The van der Waals surface area contributed by atoms with Crippen LogP contribution in [0.3, 0.4) is 0 Å². The van der Waals surface area contributed by atoms with Gasteiger partial charge in [0.1, 0.15) is 0 Å². The van der Waals surface area contributed by atoms with Crippen molar-refractivity contribution < 1.29 is 18.6 Å². The van der Waals surface area contributed by atoms with Crippen LogP contribution in [0.25, 0.3) is 0 Å². The summed E-state index contributed by atoms with van der Waals surface area (Å²) in [4.78, 5) is 0. The van der Waals surface area contributed by atoms with Crippen molar-refractivity contribution in [1.82, 2.24) is 5.32 Å². The molecule has 0 aliphatic carbocycles. The average molecular weight is 252 g/mol. The predicted molar refractivity (Wildman–Crippen MR) is 57.4 cm³/mol. The number of halogens is 3. The minimum absolute atomic E-state index is 0.0892. The number of aromatic hydroxyl groups is 1. The van der Waals surface area contributed by atoms with Crippen LogP contribution in [0.1, 0.15) is 5.56 Å². The lowest BCUT2D eigenvalue weighted by atomic mass is 10.2. The highest BCUT2D eigenvalue weighted by molar-refractivity contribution is 6.30. The summed E-state index contributed by atoms with van der Waals surface area (Å²) in [6, 6.07) is 2.95. The van der Waals surface area contributed by atoms with E-state index in [2.05, 4.69) is 5.32 Å². The lowest BCUT2D eigenvalue weighted by Crippen LogP contribution is -2.20. The van der Waals surface area contributed by atoms with E-state index in [1.807, 2.05) is 0 Å². The molecule has 0 fully saturated rings. The number of benzene rings is 1. The zero-order chi connectivity index (χ0) is 12.1. The maximum Gasteiger partial charge on any atom is 0.250 e. The van der Waals surface area contributed by atoms with Crippen LogP contribution < -0.4 is 10.1 Å². The van der Waals surface area contributed by atoms with Gasteiger partial charge < -0.3 is 15.2 Å². The SMILES string of the molecule is COc1cc(Cl)cc(CNCC(F)F)c1O. The standard InChI is InChI=1S/C10H12ClF2NO2/c1-16-8-3-7(11)2-6(10(8)15)4-14-5-9(12)13/h2-3,9,14-15H,4-5H2,1H3. The van der Waals surface area contributed by atoms with Gasteiger partial charge in [0.05, 0.1) is 13.7 Å². The first kappa shape index (κ1) is 13.0. The van der Waals surface area contributed by atoms with Gasteiger partial charge in [-0.25, -0.2) is 8.78 Å². The van der Waals surface area contributed by atoms with E-state index in [0.717, 1.165) is 0 Å². The molecule has 0 atom stereocenters. The molecule has 0 unspecified atom stereocenters. The van der Waals surface area contributed by atoms with Gasteiger partial charge in [0, 0.05) is 23.2 Å². The molecule has 0 aliphatic heterocycles. The smallest absolute Gasteiger partial charge is 0.250 e. The summed E-state index contributed by atoms with van der Waals surface area (Å²) in [7, 11) is 1.39. The van der Waals surface area contributed by atoms with Crippen molar-refractivity contribution >= 4 is 11.6 Å². The molecule has 0 radical (unpaired) electrons. The molecule has 0 aromatic heterocycles. The highest BCUT2D eigenvalue weighted by Crippen LogP contribution is 2.33. The first-order valence-electron chi connectivity index (χ1n) is 4.59. The van der Waals surface area contributed by atoms with Gasteiger partial charge in [-0.3, -0.25) is 0 Å². The van der Waals surface area contributed by atoms with Crippen LogP contribution in [-0.2, 0) is 6.54 Å². The summed E-state index contributed by atoms with van der Waals surface area (Å²) < 4.78 is 28.7. The lowest BCUT2D eigenvalue weighted by molar-refractivity contribution is 0.145. The van der Waals surface area contributed by atoms with Crippen molar-refractivity contribution in [2.75, 3.05) is 13.7 Å². The number of phenols is 1. The summed E-state index contributed by atoms with van der Waals surface area (Å²) >= 11 is 5.78. The molecule has 3 nitrogen and oxygen atoms in total. The number of rotatable bonds is 5. The van der Waals surface area contributed by atoms with Crippen LogP contribution in [0.5, 0.6) is 11.5 Å². The Morgan fingerprint density at radius 3 is 2.75 bits per heavy atom. The third-order valence-corrected chi connectivity index (χ3v) is 2.17. The first-order chi connectivity index (χ1) is 7.54. The van der Waals surface area contributed by atoms with E-state index in [1.54, 1.807) is 0 Å². The second-order valence-corrected chi connectivity index (χ2v) is 3.57. The Labute approximate surface area is 97.0 Å². The Bertz CT molecular complexity index is 361. The predicted octanol–water partition coefficient (Wildman–Crippen LogP) is 2.41. The number of hydrogen-bond acceptors (Lipinski definition) is 3. The molecule has 1 aromatic carbocycles. The summed E-state index contributed by atoms with van der Waals surface area (Å²) in [5.74, 6) is 0.134.